The van der Waals surface area contributed by atoms with Crippen molar-refractivity contribution in [2.24, 2.45) is 5.92 Å². The van der Waals surface area contributed by atoms with Crippen molar-refractivity contribution in [3.8, 4) is 16.9 Å². The van der Waals surface area contributed by atoms with Crippen LogP contribution >= 0.6 is 0 Å². The van der Waals surface area contributed by atoms with Crippen LogP contribution in [0.3, 0.4) is 0 Å². The number of ether oxygens (including phenoxy) is 2. The van der Waals surface area contributed by atoms with E-state index in [1.807, 2.05) is 26.7 Å². The molecule has 1 fully saturated rings. The summed E-state index contributed by atoms with van der Waals surface area (Å²) in [5.74, 6) is 2.33. The van der Waals surface area contributed by atoms with Gasteiger partial charge in [-0.25, -0.2) is 0 Å². The fourth-order valence-electron chi connectivity index (χ4n) is 4.26. The molecular weight excluding hydrogens is 424 g/mol. The number of methoxy groups -OCH3 is 1. The molecule has 2 aromatic carbocycles. The van der Waals surface area contributed by atoms with Crippen LogP contribution in [-0.4, -0.2) is 32.2 Å². The summed E-state index contributed by atoms with van der Waals surface area (Å²) in [4.78, 5) is 8.00. The SMILES string of the molecule is C=C(C)C.C=O.CCc1cc(C2CCC(C)CC2)ccc1-c1ccc(CO)c(OCCOC)c1. The number of hydrogen-bond acceptors (Lipinski definition) is 4. The van der Waals surface area contributed by atoms with Crippen LogP contribution in [0.25, 0.3) is 11.1 Å². The number of benzene rings is 2. The zero-order valence-corrected chi connectivity index (χ0v) is 21.9. The summed E-state index contributed by atoms with van der Waals surface area (Å²) in [6.07, 6.45) is 6.32. The molecule has 3 rings (SSSR count). The summed E-state index contributed by atoms with van der Waals surface area (Å²) in [6, 6.07) is 13.1. The second-order valence-corrected chi connectivity index (χ2v) is 9.26. The molecule has 4 nitrogen and oxygen atoms in total. The topological polar surface area (TPSA) is 55.8 Å². The standard InChI is InChI=1S/C25H34O3.C4H8.CH2O/c1-4-19-15-21(20-7-5-18(2)6-8-20)11-12-24(19)22-9-10-23(17-26)25(16-22)28-14-13-27-3;1-4(2)3;1-2/h9-12,15-16,18,20,26H,4-8,13-14,17H2,1-3H3;1H2,2-3H3;1H2. The van der Waals surface area contributed by atoms with Crippen LogP contribution in [-0.2, 0) is 22.6 Å². The van der Waals surface area contributed by atoms with Crippen LogP contribution in [0.15, 0.2) is 48.6 Å². The van der Waals surface area contributed by atoms with Crippen molar-refractivity contribution in [2.75, 3.05) is 20.3 Å². The Bertz CT molecular complexity index is 862. The maximum atomic E-state index is 9.63. The summed E-state index contributed by atoms with van der Waals surface area (Å²) >= 11 is 0. The second kappa shape index (κ2) is 16.2. The Morgan fingerprint density at radius 2 is 1.65 bits per heavy atom. The van der Waals surface area contributed by atoms with Gasteiger partial charge in [0.1, 0.15) is 19.1 Å². The van der Waals surface area contributed by atoms with Gasteiger partial charge in [0.2, 0.25) is 0 Å². The molecule has 1 saturated carbocycles. The van der Waals surface area contributed by atoms with Crippen LogP contribution in [0, 0.1) is 5.92 Å². The number of aryl methyl sites for hydroxylation is 1. The van der Waals surface area contributed by atoms with Gasteiger partial charge in [-0.2, -0.15) is 0 Å². The molecule has 0 bridgehead atoms. The summed E-state index contributed by atoms with van der Waals surface area (Å²) in [5, 5.41) is 9.63. The van der Waals surface area contributed by atoms with Gasteiger partial charge in [0.25, 0.3) is 0 Å². The molecule has 188 valence electrons. The molecule has 1 aliphatic carbocycles. The number of allylic oxidation sites excluding steroid dienone is 1. The predicted octanol–water partition coefficient (Wildman–Crippen LogP) is 7.12. The van der Waals surface area contributed by atoms with E-state index in [-0.39, 0.29) is 6.61 Å². The van der Waals surface area contributed by atoms with E-state index >= 15 is 0 Å². The minimum Gasteiger partial charge on any atom is -0.491 e. The second-order valence-electron chi connectivity index (χ2n) is 9.26. The zero-order chi connectivity index (χ0) is 25.5. The first-order valence-corrected chi connectivity index (χ1v) is 12.3. The molecule has 1 aliphatic rings. The fourth-order valence-corrected chi connectivity index (χ4v) is 4.26. The van der Waals surface area contributed by atoms with E-state index in [1.54, 1.807) is 7.11 Å². The zero-order valence-electron chi connectivity index (χ0n) is 21.9. The van der Waals surface area contributed by atoms with E-state index in [4.69, 9.17) is 14.3 Å². The maximum Gasteiger partial charge on any atom is 0.125 e. The van der Waals surface area contributed by atoms with E-state index < -0.39 is 0 Å². The highest BCUT2D eigenvalue weighted by atomic mass is 16.5. The highest BCUT2D eigenvalue weighted by Gasteiger charge is 2.20. The minimum absolute atomic E-state index is 0.0255. The average molecular weight is 469 g/mol. The summed E-state index contributed by atoms with van der Waals surface area (Å²) in [7, 11) is 1.66. The Kier molecular flexibility index (Phi) is 14.1. The lowest BCUT2D eigenvalue weighted by atomic mass is 9.78. The van der Waals surface area contributed by atoms with E-state index in [9.17, 15) is 5.11 Å². The lowest BCUT2D eigenvalue weighted by molar-refractivity contribution is -0.0980. The van der Waals surface area contributed by atoms with Crippen LogP contribution in [0.1, 0.15) is 76.0 Å². The van der Waals surface area contributed by atoms with Gasteiger partial charge in [-0.05, 0) is 73.3 Å². The summed E-state index contributed by atoms with van der Waals surface area (Å²) in [6.45, 7) is 15.1. The molecule has 34 heavy (non-hydrogen) atoms. The van der Waals surface area contributed by atoms with Crippen molar-refractivity contribution in [3.63, 3.8) is 0 Å². The van der Waals surface area contributed by atoms with Gasteiger partial charge in [0, 0.05) is 12.7 Å². The monoisotopic (exact) mass is 468 g/mol. The van der Waals surface area contributed by atoms with Crippen molar-refractivity contribution in [2.45, 2.75) is 72.3 Å². The lowest BCUT2D eigenvalue weighted by Gasteiger charge is -2.27. The maximum absolute atomic E-state index is 9.63. The molecule has 2 aromatic rings. The molecule has 0 amide bonds. The molecule has 0 unspecified atom stereocenters. The largest absolute Gasteiger partial charge is 0.491 e. The van der Waals surface area contributed by atoms with Gasteiger partial charge in [0.15, 0.2) is 0 Å². The van der Waals surface area contributed by atoms with Gasteiger partial charge in [-0.3, -0.25) is 0 Å². The Labute approximate surface area is 207 Å². The van der Waals surface area contributed by atoms with Gasteiger partial charge in [-0.15, -0.1) is 6.58 Å². The van der Waals surface area contributed by atoms with Gasteiger partial charge in [0.05, 0.1) is 13.2 Å². The van der Waals surface area contributed by atoms with E-state index in [1.165, 1.54) is 47.9 Å². The lowest BCUT2D eigenvalue weighted by Crippen LogP contribution is -2.11. The number of aliphatic hydroxyl groups is 1. The molecule has 0 heterocycles. The highest BCUT2D eigenvalue weighted by Crippen LogP contribution is 2.38. The van der Waals surface area contributed by atoms with Crippen molar-refractivity contribution >= 4 is 6.79 Å². The van der Waals surface area contributed by atoms with E-state index in [2.05, 4.69) is 50.8 Å². The number of aliphatic hydroxyl groups excluding tert-OH is 1. The number of carbonyl (C=O) groups excluding carboxylic acids is 1. The third kappa shape index (κ3) is 9.44. The van der Waals surface area contributed by atoms with Gasteiger partial charge in [-0.1, -0.05) is 62.6 Å². The molecule has 0 saturated heterocycles. The molecule has 0 spiro atoms. The van der Waals surface area contributed by atoms with Crippen LogP contribution in [0.2, 0.25) is 0 Å². The third-order valence-electron chi connectivity index (χ3n) is 6.09. The summed E-state index contributed by atoms with van der Waals surface area (Å²) < 4.78 is 10.9. The van der Waals surface area contributed by atoms with Crippen molar-refractivity contribution < 1.29 is 19.4 Å². The Hall–Kier alpha value is -2.43. The van der Waals surface area contributed by atoms with Crippen molar-refractivity contribution in [1.82, 2.24) is 0 Å². The van der Waals surface area contributed by atoms with E-state index in [0.29, 0.717) is 19.1 Å². The first-order chi connectivity index (χ1) is 16.4. The number of hydrogen-bond donors (Lipinski definition) is 1. The minimum atomic E-state index is -0.0255. The van der Waals surface area contributed by atoms with Gasteiger partial charge >= 0.3 is 0 Å². The molecule has 0 aliphatic heterocycles. The fraction of sp³-hybridized carbons (Fsp3) is 0.500. The molecule has 0 atom stereocenters. The quantitative estimate of drug-likeness (QED) is 0.331. The molecule has 1 N–H and O–H groups in total. The van der Waals surface area contributed by atoms with Gasteiger partial charge < -0.3 is 19.4 Å². The first kappa shape index (κ1) is 29.6. The molecular formula is C30H44O4. The Morgan fingerprint density at radius 1 is 1.00 bits per heavy atom. The molecule has 0 aromatic heterocycles. The summed E-state index contributed by atoms with van der Waals surface area (Å²) in [5.41, 5.74) is 7.26. The molecule has 0 radical (unpaired) electrons. The first-order valence-electron chi connectivity index (χ1n) is 12.3. The van der Waals surface area contributed by atoms with Crippen LogP contribution in [0.5, 0.6) is 5.75 Å². The van der Waals surface area contributed by atoms with Crippen molar-refractivity contribution in [3.05, 3.63) is 65.2 Å². The van der Waals surface area contributed by atoms with Crippen molar-refractivity contribution in [1.29, 1.82) is 0 Å². The third-order valence-corrected chi connectivity index (χ3v) is 6.09. The normalized spacial score (nSPS) is 17.0. The average Bonchev–Trinajstić information content (AvgIpc) is 2.85. The Morgan fingerprint density at radius 3 is 2.21 bits per heavy atom. The Balaban J connectivity index is 0.000000872. The number of rotatable bonds is 8. The number of carbonyl (C=O) groups is 1. The van der Waals surface area contributed by atoms with Crippen LogP contribution < -0.4 is 4.74 Å². The smallest absolute Gasteiger partial charge is 0.125 e. The van der Waals surface area contributed by atoms with E-state index in [0.717, 1.165) is 29.2 Å². The highest BCUT2D eigenvalue weighted by molar-refractivity contribution is 5.70. The van der Waals surface area contributed by atoms with Crippen LogP contribution in [0.4, 0.5) is 0 Å². The predicted molar refractivity (Wildman–Crippen MR) is 143 cm³/mol. The molecule has 4 heteroatoms.